The van der Waals surface area contributed by atoms with Crippen LogP contribution < -0.4 is 20.0 Å². The lowest BCUT2D eigenvalue weighted by atomic mass is 9.95. The Kier molecular flexibility index (Phi) is 37.1. The van der Waals surface area contributed by atoms with Gasteiger partial charge in [-0.05, 0) is 194 Å². The molecular weight excluding hydrogens is 1740 g/mol. The number of nitrogens with one attached hydrogen (secondary N) is 1. The van der Waals surface area contributed by atoms with Crippen LogP contribution in [0.2, 0.25) is 0 Å². The van der Waals surface area contributed by atoms with Gasteiger partial charge in [-0.3, -0.25) is 4.79 Å². The normalized spacial score (nSPS) is 15.2. The molecule has 0 unspecified atom stereocenters. The summed E-state index contributed by atoms with van der Waals surface area (Å²) < 4.78 is 191. The van der Waals surface area contributed by atoms with Gasteiger partial charge in [0.15, 0.2) is 48.1 Å². The van der Waals surface area contributed by atoms with Crippen LogP contribution in [0.25, 0.3) is 0 Å². The summed E-state index contributed by atoms with van der Waals surface area (Å²) in [4.78, 5) is 52.3. The Labute approximate surface area is 553 Å². The summed E-state index contributed by atoms with van der Waals surface area (Å²) in [6, 6.07) is 4.27. The Morgan fingerprint density at radius 1 is 0.628 bits per heavy atom. The van der Waals surface area contributed by atoms with Crippen LogP contribution in [0.5, 0.6) is 0 Å². The Morgan fingerprint density at radius 3 is 1.42 bits per heavy atom. The maximum Gasteiger partial charge on any atom is 0.416 e. The van der Waals surface area contributed by atoms with Gasteiger partial charge in [-0.1, -0.05) is 47.8 Å². The molecule has 3 saturated heterocycles. The quantitative estimate of drug-likeness (QED) is 0.0338. The lowest BCUT2D eigenvalue weighted by Crippen LogP contribution is -2.43. The Morgan fingerprint density at radius 2 is 1.02 bits per heavy atom. The van der Waals surface area contributed by atoms with Gasteiger partial charge in [0.25, 0.3) is 0 Å². The van der Waals surface area contributed by atoms with Crippen molar-refractivity contribution < 1.29 is 125 Å². The van der Waals surface area contributed by atoms with E-state index in [0.717, 1.165) is 76.6 Å². The number of carboxylic acids is 3. The van der Waals surface area contributed by atoms with Gasteiger partial charge in [0.1, 0.15) is 12.2 Å². The SMILES string of the molecule is CC(C)(O)C(=O)[O-].O=C(CCC1CCOCC1)OCc1cc(F)c(F)c(F)c1F.O=C(OCCC1CCOCC1)c1cc(F)c(F)c(F)c1F.O=C([O-])C(Br)(Br)Br.O=C([O-])C(I)(I)I.O=S(=O)(NCCC1CCOCC1)c1ccc(C(F)(F)F)cc1. The molecule has 0 radical (unpaired) electrons. The number of halogens is 17. The van der Waals surface area contributed by atoms with Crippen molar-refractivity contribution >= 4 is 155 Å². The van der Waals surface area contributed by atoms with E-state index < -0.39 is 123 Å². The van der Waals surface area contributed by atoms with Crippen LogP contribution in [-0.2, 0) is 65.7 Å². The van der Waals surface area contributed by atoms with Crippen LogP contribution >= 0.6 is 116 Å². The number of esters is 2. The molecule has 3 aliphatic rings. The number of carbonyl (C=O) groups excluding carboxylic acids is 5. The molecule has 2 N–H and O–H groups in total. The molecule has 3 aliphatic heterocycles. The van der Waals surface area contributed by atoms with Crippen molar-refractivity contribution in [3.05, 3.63) is 99.6 Å². The molecule has 3 fully saturated rings. The number of hydrogen-bond donors (Lipinski definition) is 2. The number of ether oxygens (including phenoxy) is 5. The van der Waals surface area contributed by atoms with Gasteiger partial charge in [-0.25, -0.2) is 53.1 Å². The molecule has 0 spiro atoms. The number of aliphatic carboxylic acids is 3. The predicted octanol–water partition coefficient (Wildman–Crippen LogP) is 9.29. The minimum absolute atomic E-state index is 0.00353. The molecule has 3 aromatic carbocycles. The smallest absolute Gasteiger partial charge is 0.416 e. The molecule has 17 nitrogen and oxygen atoms in total. The Balaban J connectivity index is 0.000000553. The zero-order valence-corrected chi connectivity index (χ0v) is 57.1. The second kappa shape index (κ2) is 39.1. The van der Waals surface area contributed by atoms with Crippen molar-refractivity contribution in [1.82, 2.24) is 4.72 Å². The van der Waals surface area contributed by atoms with E-state index in [4.69, 9.17) is 28.8 Å². The molecule has 6 rings (SSSR count). The highest BCUT2D eigenvalue weighted by atomic mass is 127. The third kappa shape index (κ3) is 32.1. The van der Waals surface area contributed by atoms with E-state index in [9.17, 15) is 96.0 Å². The van der Waals surface area contributed by atoms with E-state index >= 15 is 0 Å². The molecule has 0 atom stereocenters. The van der Waals surface area contributed by atoms with Crippen molar-refractivity contribution in [3.8, 4) is 0 Å². The van der Waals surface area contributed by atoms with Crippen LogP contribution in [0.4, 0.5) is 48.3 Å². The molecule has 3 aromatic rings. The highest BCUT2D eigenvalue weighted by Crippen LogP contribution is 2.35. The largest absolute Gasteiger partial charge is 0.547 e. The molecule has 0 saturated carbocycles. The summed E-state index contributed by atoms with van der Waals surface area (Å²) in [6.45, 7) is 5.95. The molecule has 35 heteroatoms. The molecule has 3 heterocycles. The molecule has 0 bridgehead atoms. The summed E-state index contributed by atoms with van der Waals surface area (Å²) in [5, 5.41) is 37.7. The van der Waals surface area contributed by atoms with Crippen LogP contribution in [-0.4, -0.2) is 103 Å². The minimum atomic E-state index is -4.47. The molecule has 0 amide bonds. The standard InChI is InChI=1S/C15H16F4O3.C14H14F4O3.C14H18F3NO3S.C4H8O3.C2HBr3O2.C2HI3O2/c16-11-7-10(13(17)15(19)14(11)18)8-22-12(20)2-1-9-3-5-21-6-4-9;15-10-7-9(11(16)13(18)12(10)17)14(19)21-6-3-8-1-4-20-5-2-8;15-14(16,17)12-1-3-13(4-2-12)22(19,20)18-8-5-11-6-9-21-10-7-11;1-4(2,7)3(5)6;2*3-2(4,5)1(6)7/h7,9H,1-6,8H2;7-8H,1-6H2;1-4,11,18H,5-10H2;7H,1-2H3,(H,5,6);2*(H,6,7)/p-3. The topological polar surface area (TPSA) is 267 Å². The second-order valence-corrected chi connectivity index (χ2v) is 38.3. The molecule has 488 valence electrons. The minimum Gasteiger partial charge on any atom is -0.547 e. The molecule has 86 heavy (non-hydrogen) atoms. The Bertz CT molecular complexity index is 2730. The number of rotatable bonds is 16. The first-order valence-corrected chi connectivity index (χ1v) is 32.1. The third-order valence-electron chi connectivity index (χ3n) is 11.7. The lowest BCUT2D eigenvalue weighted by molar-refractivity contribution is -0.322. The zero-order valence-electron chi connectivity index (χ0n) is 45.0. The fourth-order valence-electron chi connectivity index (χ4n) is 6.81. The number of alkyl halides is 9. The van der Waals surface area contributed by atoms with Gasteiger partial charge in [-0.2, -0.15) is 13.2 Å². The summed E-state index contributed by atoms with van der Waals surface area (Å²) in [7, 11) is -3.77. The van der Waals surface area contributed by atoms with Gasteiger partial charge >= 0.3 is 18.1 Å². The third-order valence-corrected chi connectivity index (χ3v) is 15.5. The second-order valence-electron chi connectivity index (χ2n) is 18.7. The highest BCUT2D eigenvalue weighted by Gasteiger charge is 2.31. The summed E-state index contributed by atoms with van der Waals surface area (Å²) >= 11 is 13.5. The average Bonchev–Trinajstić information content (AvgIpc) is 1.39. The predicted molar refractivity (Wildman–Crippen MR) is 314 cm³/mol. The fraction of sp³-hybridized carbons (Fsp3) is 0.549. The number of benzene rings is 3. The summed E-state index contributed by atoms with van der Waals surface area (Å²) in [5.74, 6) is -18.6. The molecule has 0 aromatic heterocycles. The average molecular weight is 1800 g/mol. The number of hydrogen-bond acceptors (Lipinski definition) is 16. The summed E-state index contributed by atoms with van der Waals surface area (Å²) in [5.41, 5.74) is -4.04. The van der Waals surface area contributed by atoms with Gasteiger partial charge < -0.3 is 58.5 Å². The maximum atomic E-state index is 13.4. The van der Waals surface area contributed by atoms with E-state index in [1.807, 2.05) is 0 Å². The highest BCUT2D eigenvalue weighted by molar-refractivity contribution is 14.3. The van der Waals surface area contributed by atoms with Gasteiger partial charge in [0.05, 0.1) is 40.6 Å². The number of sulfonamides is 1. The number of carbonyl (C=O) groups is 5. The summed E-state index contributed by atoms with van der Waals surface area (Å²) in [6.07, 6.45) is 2.77. The molecular formula is C51H55Br3F11I3NO16S-3. The van der Waals surface area contributed by atoms with Gasteiger partial charge in [-0.15, -0.1) is 0 Å². The monoisotopic (exact) mass is 1800 g/mol. The number of carboxylic acid groups (broad SMARTS) is 3. The number of aliphatic hydroxyl groups is 1. The lowest BCUT2D eigenvalue weighted by Gasteiger charge is -2.21. The Hall–Kier alpha value is -2.38. The molecule has 0 aliphatic carbocycles. The zero-order chi connectivity index (χ0) is 66.0. The van der Waals surface area contributed by atoms with Crippen molar-refractivity contribution in [3.63, 3.8) is 0 Å². The van der Waals surface area contributed by atoms with E-state index in [1.54, 1.807) is 67.8 Å². The van der Waals surface area contributed by atoms with Gasteiger partial charge in [0, 0.05) is 58.2 Å². The maximum absolute atomic E-state index is 13.4. The van der Waals surface area contributed by atoms with Crippen molar-refractivity contribution in [2.24, 2.45) is 17.8 Å². The van der Waals surface area contributed by atoms with Crippen molar-refractivity contribution in [2.45, 2.75) is 103 Å². The van der Waals surface area contributed by atoms with Crippen molar-refractivity contribution in [2.75, 3.05) is 52.8 Å². The van der Waals surface area contributed by atoms with E-state index in [1.165, 1.54) is 0 Å². The van der Waals surface area contributed by atoms with Gasteiger partial charge in [0.2, 0.25) is 10.0 Å². The van der Waals surface area contributed by atoms with Crippen LogP contribution in [0.1, 0.15) is 99.5 Å². The van der Waals surface area contributed by atoms with Crippen LogP contribution in [0, 0.1) is 64.3 Å². The van der Waals surface area contributed by atoms with E-state index in [2.05, 4.69) is 52.5 Å². The first kappa shape index (κ1) is 81.6. The van der Waals surface area contributed by atoms with E-state index in [-0.39, 0.29) is 24.5 Å². The fourth-order valence-corrected chi connectivity index (χ4v) is 7.85. The van der Waals surface area contributed by atoms with Crippen molar-refractivity contribution in [1.29, 1.82) is 0 Å². The first-order valence-electron chi connectivity index (χ1n) is 25.0. The van der Waals surface area contributed by atoms with Crippen LogP contribution in [0.3, 0.4) is 0 Å². The first-order chi connectivity index (χ1) is 39.6. The van der Waals surface area contributed by atoms with E-state index in [0.29, 0.717) is 88.8 Å². The van der Waals surface area contributed by atoms with Crippen LogP contribution in [0.15, 0.2) is 41.3 Å².